The standard InChI is InChI=1S/C25H22ClN3O3/c1-29-15-19(14-28-29)18-7-8-21(25(13-18)31-2)23(30)12-17-6-9-24(22(26)11-17)32-16-20-5-3-4-10-27-20/h3-11,13-15H,12,16H2,1-2H3. The van der Waals surface area contributed by atoms with Crippen LogP contribution < -0.4 is 9.47 Å². The van der Waals surface area contributed by atoms with Crippen molar-refractivity contribution < 1.29 is 14.3 Å². The average molecular weight is 448 g/mol. The van der Waals surface area contributed by atoms with Crippen LogP contribution in [0.25, 0.3) is 11.1 Å². The lowest BCUT2D eigenvalue weighted by Crippen LogP contribution is -2.06. The summed E-state index contributed by atoms with van der Waals surface area (Å²) in [6.07, 6.45) is 5.60. The monoisotopic (exact) mass is 447 g/mol. The fraction of sp³-hybridized carbons (Fsp3) is 0.160. The fourth-order valence-electron chi connectivity index (χ4n) is 3.36. The quantitative estimate of drug-likeness (QED) is 0.349. The maximum absolute atomic E-state index is 13.0. The lowest BCUT2D eigenvalue weighted by Gasteiger charge is -2.11. The topological polar surface area (TPSA) is 66.2 Å². The molecule has 162 valence electrons. The summed E-state index contributed by atoms with van der Waals surface area (Å²) in [6, 6.07) is 16.5. The number of Topliss-reactive ketones (excluding diaryl/α,β-unsaturated/α-hetero) is 1. The van der Waals surface area contributed by atoms with Crippen LogP contribution in [0.3, 0.4) is 0 Å². The zero-order chi connectivity index (χ0) is 22.5. The van der Waals surface area contributed by atoms with Gasteiger partial charge in [0, 0.05) is 31.4 Å². The number of halogens is 1. The summed E-state index contributed by atoms with van der Waals surface area (Å²) in [5.41, 5.74) is 4.02. The van der Waals surface area contributed by atoms with Crippen LogP contribution in [-0.2, 0) is 20.1 Å². The van der Waals surface area contributed by atoms with Crippen LogP contribution in [0.15, 0.2) is 73.2 Å². The molecule has 4 aromatic rings. The molecule has 2 heterocycles. The van der Waals surface area contributed by atoms with Gasteiger partial charge in [0.15, 0.2) is 5.78 Å². The summed E-state index contributed by atoms with van der Waals surface area (Å²) in [5.74, 6) is 1.02. The van der Waals surface area contributed by atoms with Gasteiger partial charge < -0.3 is 9.47 Å². The largest absolute Gasteiger partial charge is 0.496 e. The number of hydrogen-bond donors (Lipinski definition) is 0. The molecule has 32 heavy (non-hydrogen) atoms. The Morgan fingerprint density at radius 3 is 2.62 bits per heavy atom. The molecule has 0 saturated carbocycles. The summed E-state index contributed by atoms with van der Waals surface area (Å²) in [5, 5.41) is 4.64. The molecule has 2 aromatic carbocycles. The van der Waals surface area contributed by atoms with Gasteiger partial charge in [-0.1, -0.05) is 29.8 Å². The van der Waals surface area contributed by atoms with Gasteiger partial charge in [0.2, 0.25) is 0 Å². The zero-order valence-corrected chi connectivity index (χ0v) is 18.5. The molecule has 0 atom stereocenters. The summed E-state index contributed by atoms with van der Waals surface area (Å²) >= 11 is 6.38. The molecule has 0 saturated heterocycles. The van der Waals surface area contributed by atoms with Crippen LogP contribution in [0.4, 0.5) is 0 Å². The van der Waals surface area contributed by atoms with E-state index in [-0.39, 0.29) is 12.2 Å². The molecule has 0 radical (unpaired) electrons. The van der Waals surface area contributed by atoms with E-state index < -0.39 is 0 Å². The first-order valence-electron chi connectivity index (χ1n) is 10.0. The Hall–Kier alpha value is -3.64. The fourth-order valence-corrected chi connectivity index (χ4v) is 3.62. The maximum atomic E-state index is 13.0. The number of carbonyl (C=O) groups excluding carboxylic acids is 1. The molecular weight excluding hydrogens is 426 g/mol. The van der Waals surface area contributed by atoms with E-state index in [1.165, 1.54) is 0 Å². The van der Waals surface area contributed by atoms with Gasteiger partial charge in [-0.05, 0) is 47.5 Å². The van der Waals surface area contributed by atoms with Crippen molar-refractivity contribution in [2.45, 2.75) is 13.0 Å². The van der Waals surface area contributed by atoms with E-state index in [9.17, 15) is 4.79 Å². The number of nitrogens with zero attached hydrogens (tertiary/aromatic N) is 3. The molecule has 0 spiro atoms. The summed E-state index contributed by atoms with van der Waals surface area (Å²) in [4.78, 5) is 17.2. The van der Waals surface area contributed by atoms with Gasteiger partial charge in [-0.2, -0.15) is 5.10 Å². The Morgan fingerprint density at radius 1 is 1.06 bits per heavy atom. The Kier molecular flexibility index (Phi) is 6.52. The van der Waals surface area contributed by atoms with Gasteiger partial charge in [0.05, 0.1) is 29.6 Å². The van der Waals surface area contributed by atoms with Crippen LogP contribution in [-0.4, -0.2) is 27.7 Å². The third-order valence-electron chi connectivity index (χ3n) is 5.00. The second-order valence-electron chi connectivity index (χ2n) is 7.29. The van der Waals surface area contributed by atoms with Crippen molar-refractivity contribution in [1.29, 1.82) is 0 Å². The molecule has 4 rings (SSSR count). The average Bonchev–Trinajstić information content (AvgIpc) is 3.25. The second-order valence-corrected chi connectivity index (χ2v) is 7.70. The lowest BCUT2D eigenvalue weighted by atomic mass is 9.99. The Balaban J connectivity index is 1.47. The maximum Gasteiger partial charge on any atom is 0.170 e. The van der Waals surface area contributed by atoms with Crippen LogP contribution in [0.1, 0.15) is 21.6 Å². The van der Waals surface area contributed by atoms with E-state index >= 15 is 0 Å². The number of benzene rings is 2. The number of hydrogen-bond acceptors (Lipinski definition) is 5. The minimum absolute atomic E-state index is 0.0576. The van der Waals surface area contributed by atoms with Crippen molar-refractivity contribution in [3.05, 3.63) is 95.0 Å². The number of ether oxygens (including phenoxy) is 2. The van der Waals surface area contributed by atoms with Gasteiger partial charge >= 0.3 is 0 Å². The van der Waals surface area contributed by atoms with Gasteiger partial charge in [-0.25, -0.2) is 0 Å². The molecular formula is C25H22ClN3O3. The van der Waals surface area contributed by atoms with Crippen molar-refractivity contribution in [3.8, 4) is 22.6 Å². The molecule has 2 aromatic heterocycles. The minimum Gasteiger partial charge on any atom is -0.496 e. The number of carbonyl (C=O) groups is 1. The predicted octanol–water partition coefficient (Wildman–Crippen LogP) is 5.15. The normalized spacial score (nSPS) is 10.7. The SMILES string of the molecule is COc1cc(-c2cnn(C)c2)ccc1C(=O)Cc1ccc(OCc2ccccn2)c(Cl)c1. The van der Waals surface area contributed by atoms with Crippen molar-refractivity contribution in [2.75, 3.05) is 7.11 Å². The molecule has 0 aliphatic heterocycles. The Labute approximate surface area is 191 Å². The molecule has 0 unspecified atom stereocenters. The highest BCUT2D eigenvalue weighted by molar-refractivity contribution is 6.32. The molecule has 0 aliphatic rings. The number of aryl methyl sites for hydroxylation is 1. The number of rotatable bonds is 8. The van der Waals surface area contributed by atoms with Crippen molar-refractivity contribution in [2.24, 2.45) is 7.05 Å². The highest BCUT2D eigenvalue weighted by atomic mass is 35.5. The van der Waals surface area contributed by atoms with Crippen LogP contribution in [0.5, 0.6) is 11.5 Å². The molecule has 0 fully saturated rings. The number of pyridine rings is 1. The van der Waals surface area contributed by atoms with E-state index in [2.05, 4.69) is 10.1 Å². The number of methoxy groups -OCH3 is 1. The smallest absolute Gasteiger partial charge is 0.170 e. The third-order valence-corrected chi connectivity index (χ3v) is 5.30. The number of ketones is 1. The highest BCUT2D eigenvalue weighted by Gasteiger charge is 2.16. The van der Waals surface area contributed by atoms with E-state index in [1.807, 2.05) is 49.6 Å². The van der Waals surface area contributed by atoms with E-state index in [0.717, 1.165) is 22.4 Å². The Morgan fingerprint density at radius 2 is 1.94 bits per heavy atom. The first-order chi connectivity index (χ1) is 15.5. The zero-order valence-electron chi connectivity index (χ0n) is 17.8. The van der Waals surface area contributed by atoms with Crippen LogP contribution in [0.2, 0.25) is 5.02 Å². The summed E-state index contributed by atoms with van der Waals surface area (Å²) in [6.45, 7) is 0.319. The third kappa shape index (κ3) is 4.98. The highest BCUT2D eigenvalue weighted by Crippen LogP contribution is 2.30. The van der Waals surface area contributed by atoms with Gasteiger partial charge in [-0.3, -0.25) is 14.5 Å². The minimum atomic E-state index is -0.0576. The predicted molar refractivity (Wildman–Crippen MR) is 123 cm³/mol. The second kappa shape index (κ2) is 9.66. The number of aromatic nitrogens is 3. The molecule has 6 nitrogen and oxygen atoms in total. The first-order valence-corrected chi connectivity index (χ1v) is 10.4. The van der Waals surface area contributed by atoms with Crippen LogP contribution >= 0.6 is 11.6 Å². The van der Waals surface area contributed by atoms with E-state index in [0.29, 0.717) is 28.7 Å². The van der Waals surface area contributed by atoms with E-state index in [4.69, 9.17) is 21.1 Å². The molecule has 7 heteroatoms. The summed E-state index contributed by atoms with van der Waals surface area (Å²) in [7, 11) is 3.42. The molecule has 0 amide bonds. The Bertz CT molecular complexity index is 1240. The van der Waals surface area contributed by atoms with E-state index in [1.54, 1.807) is 42.4 Å². The summed E-state index contributed by atoms with van der Waals surface area (Å²) < 4.78 is 13.0. The van der Waals surface area contributed by atoms with Gasteiger partial charge in [0.1, 0.15) is 18.1 Å². The lowest BCUT2D eigenvalue weighted by molar-refractivity contribution is 0.0990. The van der Waals surface area contributed by atoms with Crippen molar-refractivity contribution in [1.82, 2.24) is 14.8 Å². The van der Waals surface area contributed by atoms with Crippen molar-refractivity contribution in [3.63, 3.8) is 0 Å². The van der Waals surface area contributed by atoms with Gasteiger partial charge in [0.25, 0.3) is 0 Å². The molecule has 0 N–H and O–H groups in total. The molecule has 0 bridgehead atoms. The molecule has 0 aliphatic carbocycles. The van der Waals surface area contributed by atoms with Crippen LogP contribution in [0, 0.1) is 0 Å². The first kappa shape index (κ1) is 21.6. The van der Waals surface area contributed by atoms with Crippen molar-refractivity contribution >= 4 is 17.4 Å². The van der Waals surface area contributed by atoms with Gasteiger partial charge in [-0.15, -0.1) is 0 Å².